The van der Waals surface area contributed by atoms with E-state index < -0.39 is 6.14 Å². The lowest BCUT2D eigenvalue weighted by atomic mass is 10.2. The molecule has 0 atom stereocenters. The Hall–Kier alpha value is -3.33. The Bertz CT molecular complexity index is 1090. The van der Waals surface area contributed by atoms with Gasteiger partial charge in [0.05, 0.1) is 15.8 Å². The highest BCUT2D eigenvalue weighted by molar-refractivity contribution is 7.20. The lowest BCUT2D eigenvalue weighted by Gasteiger charge is -2.06. The number of amides is 1. The molecule has 0 aliphatic heterocycles. The van der Waals surface area contributed by atoms with Crippen molar-refractivity contribution in [3.63, 3.8) is 0 Å². The Labute approximate surface area is 150 Å². The Kier molecular flexibility index (Phi) is 4.05. The van der Waals surface area contributed by atoms with Crippen LogP contribution in [0.1, 0.15) is 9.67 Å². The van der Waals surface area contributed by atoms with Gasteiger partial charge in [-0.15, -0.1) is 15.7 Å². The van der Waals surface area contributed by atoms with Gasteiger partial charge < -0.3 is 14.6 Å². The summed E-state index contributed by atoms with van der Waals surface area (Å²) in [4.78, 5) is 20.1. The molecule has 0 fully saturated rings. The number of fused-ring (bicyclic) bond motifs is 1. The summed E-state index contributed by atoms with van der Waals surface area (Å²) in [6, 6.07) is 8.56. The number of benzene rings is 1. The first-order valence-corrected chi connectivity index (χ1v) is 8.33. The molecular formula is C17H11FN4O3S. The molecule has 3 heterocycles. The zero-order valence-electron chi connectivity index (χ0n) is 13.4. The lowest BCUT2D eigenvalue weighted by molar-refractivity contribution is 0.0967. The van der Waals surface area contributed by atoms with E-state index in [1.807, 2.05) is 0 Å². The molecule has 1 aromatic carbocycles. The zero-order valence-corrected chi connectivity index (χ0v) is 14.2. The number of nitrogens with one attached hydrogen (secondary N) is 1. The van der Waals surface area contributed by atoms with Crippen molar-refractivity contribution >= 4 is 27.3 Å². The number of pyridine rings is 1. The molecule has 0 saturated heterocycles. The summed E-state index contributed by atoms with van der Waals surface area (Å²) in [6.45, 7) is 0. The van der Waals surface area contributed by atoms with E-state index in [0.29, 0.717) is 21.9 Å². The van der Waals surface area contributed by atoms with E-state index in [0.717, 1.165) is 10.1 Å². The maximum atomic E-state index is 12.8. The van der Waals surface area contributed by atoms with E-state index in [9.17, 15) is 9.18 Å². The van der Waals surface area contributed by atoms with E-state index in [2.05, 4.69) is 25.0 Å². The monoisotopic (exact) mass is 370 g/mol. The number of halogens is 1. The van der Waals surface area contributed by atoms with Gasteiger partial charge in [-0.3, -0.25) is 9.78 Å². The fraction of sp³-hybridized carbons (Fsp3) is 0.0588. The van der Waals surface area contributed by atoms with E-state index in [4.69, 9.17) is 4.74 Å². The molecule has 0 aliphatic carbocycles. The largest absolute Gasteiger partial charge is 0.455 e. The van der Waals surface area contributed by atoms with Crippen LogP contribution in [-0.4, -0.2) is 28.1 Å². The molecule has 0 saturated carbocycles. The van der Waals surface area contributed by atoms with Gasteiger partial charge in [0.25, 0.3) is 5.91 Å². The predicted octanol–water partition coefficient (Wildman–Crippen LogP) is 3.64. The second-order valence-electron chi connectivity index (χ2n) is 5.24. The van der Waals surface area contributed by atoms with Crippen molar-refractivity contribution in [2.75, 3.05) is 7.05 Å². The van der Waals surface area contributed by atoms with E-state index in [1.54, 1.807) is 49.8 Å². The van der Waals surface area contributed by atoms with Crippen LogP contribution in [0.5, 0.6) is 11.5 Å². The van der Waals surface area contributed by atoms with Gasteiger partial charge in [0.15, 0.2) is 5.75 Å². The van der Waals surface area contributed by atoms with Crippen LogP contribution in [0.25, 0.3) is 21.5 Å². The van der Waals surface area contributed by atoms with Gasteiger partial charge in [-0.25, -0.2) is 0 Å². The quantitative estimate of drug-likeness (QED) is 0.590. The van der Waals surface area contributed by atoms with Gasteiger partial charge in [-0.2, -0.15) is 4.98 Å². The van der Waals surface area contributed by atoms with E-state index in [-0.39, 0.29) is 11.7 Å². The molecular weight excluding hydrogens is 359 g/mol. The maximum Gasteiger partial charge on any atom is 0.405 e. The van der Waals surface area contributed by atoms with Crippen molar-refractivity contribution in [1.82, 2.24) is 20.4 Å². The molecule has 7 nitrogen and oxygen atoms in total. The van der Waals surface area contributed by atoms with E-state index in [1.165, 1.54) is 11.3 Å². The second kappa shape index (κ2) is 6.52. The summed E-state index contributed by atoms with van der Waals surface area (Å²) >= 11 is 1.34. The number of hydrogen-bond donors (Lipinski definition) is 1. The van der Waals surface area contributed by atoms with Gasteiger partial charge >= 0.3 is 6.14 Å². The number of thiophene rings is 1. The topological polar surface area (TPSA) is 90.1 Å². The molecule has 0 aliphatic rings. The number of nitrogens with zero attached hydrogens (tertiary/aromatic N) is 3. The highest BCUT2D eigenvalue weighted by atomic mass is 32.1. The van der Waals surface area contributed by atoms with Crippen LogP contribution in [0, 0.1) is 6.14 Å². The molecule has 0 spiro atoms. The molecule has 4 rings (SSSR count). The van der Waals surface area contributed by atoms with Crippen LogP contribution >= 0.6 is 11.3 Å². The van der Waals surface area contributed by atoms with Crippen LogP contribution < -0.4 is 10.1 Å². The van der Waals surface area contributed by atoms with Crippen molar-refractivity contribution in [2.24, 2.45) is 0 Å². The first kappa shape index (κ1) is 16.2. The summed E-state index contributed by atoms with van der Waals surface area (Å²) in [7, 11) is 1.58. The minimum Gasteiger partial charge on any atom is -0.455 e. The third-order valence-electron chi connectivity index (χ3n) is 3.60. The number of aromatic nitrogens is 3. The molecule has 1 amide bonds. The molecule has 26 heavy (non-hydrogen) atoms. The third-order valence-corrected chi connectivity index (χ3v) is 4.67. The van der Waals surface area contributed by atoms with Crippen LogP contribution in [0.15, 0.2) is 47.2 Å². The summed E-state index contributed by atoms with van der Waals surface area (Å²) in [5.41, 5.74) is 0.596. The Balaban J connectivity index is 1.62. The van der Waals surface area contributed by atoms with Gasteiger partial charge in [0.2, 0.25) is 5.82 Å². The molecule has 3 aromatic heterocycles. The number of hydrogen-bond acceptors (Lipinski definition) is 7. The van der Waals surface area contributed by atoms with Crippen molar-refractivity contribution in [1.29, 1.82) is 0 Å². The fourth-order valence-electron chi connectivity index (χ4n) is 2.37. The molecule has 9 heteroatoms. The van der Waals surface area contributed by atoms with Gasteiger partial charge in [0, 0.05) is 24.2 Å². The van der Waals surface area contributed by atoms with Crippen LogP contribution in [0.2, 0.25) is 0 Å². The first-order chi connectivity index (χ1) is 12.6. The minimum atomic E-state index is -0.984. The summed E-state index contributed by atoms with van der Waals surface area (Å²) in [5.74, 6) is 1.09. The summed E-state index contributed by atoms with van der Waals surface area (Å²) < 4.78 is 23.9. The smallest absolute Gasteiger partial charge is 0.405 e. The van der Waals surface area contributed by atoms with Crippen LogP contribution in [0.4, 0.5) is 4.39 Å². The second-order valence-corrected chi connectivity index (χ2v) is 6.32. The van der Waals surface area contributed by atoms with Crippen molar-refractivity contribution in [2.45, 2.75) is 0 Å². The van der Waals surface area contributed by atoms with Crippen LogP contribution in [0.3, 0.4) is 0 Å². The third kappa shape index (κ3) is 3.00. The first-order valence-electron chi connectivity index (χ1n) is 7.51. The molecule has 0 radical (unpaired) electrons. The normalized spacial score (nSPS) is 10.8. The number of carbonyl (C=O) groups is 1. The van der Waals surface area contributed by atoms with Crippen LogP contribution in [-0.2, 0) is 0 Å². The fourth-order valence-corrected chi connectivity index (χ4v) is 3.36. The zero-order chi connectivity index (χ0) is 18.1. The van der Waals surface area contributed by atoms with Gasteiger partial charge in [0.1, 0.15) is 5.75 Å². The highest BCUT2D eigenvalue weighted by Crippen LogP contribution is 2.34. The molecule has 0 bridgehead atoms. The molecule has 130 valence electrons. The minimum absolute atomic E-state index is 0.158. The van der Waals surface area contributed by atoms with Crippen molar-refractivity contribution in [3.8, 4) is 22.9 Å². The number of carbonyl (C=O) groups excluding carboxylic acids is 1. The maximum absolute atomic E-state index is 12.8. The molecule has 4 aromatic rings. The summed E-state index contributed by atoms with van der Waals surface area (Å²) in [6.07, 6.45) is 2.29. The Morgan fingerprint density at radius 2 is 2.08 bits per heavy atom. The van der Waals surface area contributed by atoms with Crippen molar-refractivity contribution in [3.05, 3.63) is 53.7 Å². The summed E-state index contributed by atoms with van der Waals surface area (Å²) in [5, 5.41) is 6.92. The SMILES string of the molecule is CNC(=O)c1cc2c(Oc3ccc(-c4noc(F)n4)cc3)cncc2s1. The highest BCUT2D eigenvalue weighted by Gasteiger charge is 2.13. The average Bonchev–Trinajstić information content (AvgIpc) is 3.28. The van der Waals surface area contributed by atoms with Gasteiger partial charge in [-0.1, -0.05) is 5.16 Å². The average molecular weight is 370 g/mol. The number of ether oxygens (including phenoxy) is 1. The predicted molar refractivity (Wildman–Crippen MR) is 92.8 cm³/mol. The van der Waals surface area contributed by atoms with Crippen molar-refractivity contribution < 1.29 is 18.4 Å². The standard InChI is InChI=1S/C17H11FN4O3S/c1-19-16(23)13-6-11-12(7-20-8-14(11)26-13)24-10-4-2-9(3-5-10)15-21-17(18)25-22-15/h2-8H,1H3,(H,19,23). The Morgan fingerprint density at radius 3 is 2.77 bits per heavy atom. The van der Waals surface area contributed by atoms with Gasteiger partial charge in [-0.05, 0) is 30.3 Å². The lowest BCUT2D eigenvalue weighted by Crippen LogP contribution is -2.15. The number of rotatable bonds is 4. The Morgan fingerprint density at radius 1 is 1.27 bits per heavy atom. The molecule has 0 unspecified atom stereocenters. The molecule has 1 N–H and O–H groups in total. The van der Waals surface area contributed by atoms with E-state index >= 15 is 0 Å².